The van der Waals surface area contributed by atoms with Crippen LogP contribution in [0, 0.1) is 12.3 Å². The Kier molecular flexibility index (Phi) is 3.67. The van der Waals surface area contributed by atoms with Gasteiger partial charge in [-0.15, -0.1) is 6.42 Å². The molecule has 2 rings (SSSR count). The summed E-state index contributed by atoms with van der Waals surface area (Å²) in [4.78, 5) is 12.1. The Morgan fingerprint density at radius 2 is 2.26 bits per heavy atom. The first-order chi connectivity index (χ1) is 9.13. The van der Waals surface area contributed by atoms with Gasteiger partial charge in [0, 0.05) is 18.3 Å². The number of aryl methyl sites for hydroxylation is 2. The predicted octanol–water partition coefficient (Wildman–Crippen LogP) is 2.22. The normalized spacial score (nSPS) is 9.95. The van der Waals surface area contributed by atoms with Crippen LogP contribution in [0.25, 0.3) is 0 Å². The zero-order valence-corrected chi connectivity index (χ0v) is 11.0. The van der Waals surface area contributed by atoms with E-state index in [1.807, 2.05) is 19.1 Å². The summed E-state index contributed by atoms with van der Waals surface area (Å²) in [5, 5.41) is 7.06. The number of hydrogen-bond donors (Lipinski definition) is 1. The van der Waals surface area contributed by atoms with E-state index < -0.39 is 0 Å². The van der Waals surface area contributed by atoms with Crippen molar-refractivity contribution in [2.45, 2.75) is 13.3 Å². The molecule has 4 nitrogen and oxygen atoms in total. The van der Waals surface area contributed by atoms with Crippen molar-refractivity contribution in [2.75, 3.05) is 5.32 Å². The molecule has 1 heterocycles. The van der Waals surface area contributed by atoms with E-state index in [0.29, 0.717) is 11.4 Å². The van der Waals surface area contributed by atoms with Crippen LogP contribution < -0.4 is 5.32 Å². The molecule has 0 bridgehead atoms. The zero-order valence-electron chi connectivity index (χ0n) is 11.0. The summed E-state index contributed by atoms with van der Waals surface area (Å²) < 4.78 is 1.58. The molecule has 96 valence electrons. The molecule has 0 fully saturated rings. The van der Waals surface area contributed by atoms with Crippen LogP contribution >= 0.6 is 0 Å². The van der Waals surface area contributed by atoms with Crippen LogP contribution in [0.15, 0.2) is 30.3 Å². The number of benzene rings is 1. The van der Waals surface area contributed by atoms with Crippen LogP contribution in [0.2, 0.25) is 0 Å². The first-order valence-electron chi connectivity index (χ1n) is 6.05. The summed E-state index contributed by atoms with van der Waals surface area (Å²) >= 11 is 0. The predicted molar refractivity (Wildman–Crippen MR) is 74.9 cm³/mol. The summed E-state index contributed by atoms with van der Waals surface area (Å²) in [6, 6.07) is 8.98. The highest BCUT2D eigenvalue weighted by molar-refractivity contribution is 6.03. The number of carbonyl (C=O) groups excluding carboxylic acids is 1. The fourth-order valence-electron chi connectivity index (χ4n) is 1.79. The van der Waals surface area contributed by atoms with Gasteiger partial charge in [-0.25, -0.2) is 0 Å². The Hall–Kier alpha value is -2.54. The quantitative estimate of drug-likeness (QED) is 0.852. The molecule has 1 aromatic carbocycles. The highest BCUT2D eigenvalue weighted by atomic mass is 16.2. The summed E-state index contributed by atoms with van der Waals surface area (Å²) in [6.07, 6.45) is 6.13. The SMILES string of the molecule is C#Cc1cccc(NC(=O)c2cc(CC)nn2C)c1. The second kappa shape index (κ2) is 5.40. The molecule has 0 saturated carbocycles. The van der Waals surface area contributed by atoms with Crippen molar-refractivity contribution >= 4 is 11.6 Å². The standard InChI is InChI=1S/C15H15N3O/c1-4-11-7-6-8-13(9-11)16-15(19)14-10-12(5-2)17-18(14)3/h1,6-10H,5H2,2-3H3,(H,16,19). The van der Waals surface area contributed by atoms with Gasteiger partial charge in [0.15, 0.2) is 0 Å². The number of nitrogens with zero attached hydrogens (tertiary/aromatic N) is 2. The molecule has 1 amide bonds. The van der Waals surface area contributed by atoms with Gasteiger partial charge in [0.05, 0.1) is 5.69 Å². The van der Waals surface area contributed by atoms with Crippen molar-refractivity contribution in [3.05, 3.63) is 47.3 Å². The van der Waals surface area contributed by atoms with Crippen LogP contribution in [-0.4, -0.2) is 15.7 Å². The van der Waals surface area contributed by atoms with Crippen LogP contribution in [0.4, 0.5) is 5.69 Å². The van der Waals surface area contributed by atoms with Crippen molar-refractivity contribution in [2.24, 2.45) is 7.05 Å². The molecule has 0 radical (unpaired) electrons. The first-order valence-corrected chi connectivity index (χ1v) is 6.05. The minimum Gasteiger partial charge on any atom is -0.321 e. The van der Waals surface area contributed by atoms with Gasteiger partial charge in [-0.05, 0) is 30.7 Å². The lowest BCUT2D eigenvalue weighted by Gasteiger charge is -2.05. The largest absolute Gasteiger partial charge is 0.321 e. The van der Waals surface area contributed by atoms with Gasteiger partial charge < -0.3 is 5.32 Å². The van der Waals surface area contributed by atoms with E-state index in [-0.39, 0.29) is 5.91 Å². The van der Waals surface area contributed by atoms with E-state index in [4.69, 9.17) is 6.42 Å². The molecule has 0 spiro atoms. The summed E-state index contributed by atoms with van der Waals surface area (Å²) in [5.41, 5.74) is 2.84. The lowest BCUT2D eigenvalue weighted by Crippen LogP contribution is -2.16. The molecule has 1 aromatic heterocycles. The zero-order chi connectivity index (χ0) is 13.8. The number of carbonyl (C=O) groups is 1. The van der Waals surface area contributed by atoms with E-state index >= 15 is 0 Å². The summed E-state index contributed by atoms with van der Waals surface area (Å²) in [5.74, 6) is 2.35. The Bertz CT molecular complexity index is 650. The van der Waals surface area contributed by atoms with E-state index in [1.54, 1.807) is 29.9 Å². The van der Waals surface area contributed by atoms with Crippen LogP contribution in [0.5, 0.6) is 0 Å². The second-order valence-electron chi connectivity index (χ2n) is 4.18. The fraction of sp³-hybridized carbons (Fsp3) is 0.200. The number of terminal acetylenes is 1. The number of aromatic nitrogens is 2. The van der Waals surface area contributed by atoms with Crippen molar-refractivity contribution in [1.29, 1.82) is 0 Å². The van der Waals surface area contributed by atoms with Gasteiger partial charge in [-0.2, -0.15) is 5.10 Å². The molecular weight excluding hydrogens is 238 g/mol. The molecule has 19 heavy (non-hydrogen) atoms. The van der Waals surface area contributed by atoms with Crippen molar-refractivity contribution in [1.82, 2.24) is 9.78 Å². The molecule has 2 aromatic rings. The third-order valence-electron chi connectivity index (χ3n) is 2.81. The Morgan fingerprint density at radius 1 is 1.47 bits per heavy atom. The second-order valence-corrected chi connectivity index (χ2v) is 4.18. The van der Waals surface area contributed by atoms with Crippen molar-refractivity contribution < 1.29 is 4.79 Å². The maximum Gasteiger partial charge on any atom is 0.273 e. The summed E-state index contributed by atoms with van der Waals surface area (Å²) in [7, 11) is 1.76. The Morgan fingerprint density at radius 3 is 2.89 bits per heavy atom. The molecule has 0 aliphatic carbocycles. The minimum atomic E-state index is -0.191. The summed E-state index contributed by atoms with van der Waals surface area (Å²) in [6.45, 7) is 2.00. The maximum atomic E-state index is 12.1. The van der Waals surface area contributed by atoms with E-state index in [2.05, 4.69) is 16.3 Å². The van der Waals surface area contributed by atoms with Gasteiger partial charge in [0.1, 0.15) is 5.69 Å². The molecule has 0 aliphatic heterocycles. The number of nitrogens with one attached hydrogen (secondary N) is 1. The molecule has 4 heteroatoms. The number of hydrogen-bond acceptors (Lipinski definition) is 2. The molecule has 1 N–H and O–H groups in total. The first kappa shape index (κ1) is 12.9. The van der Waals surface area contributed by atoms with Crippen LogP contribution in [0.1, 0.15) is 28.7 Å². The van der Waals surface area contributed by atoms with Gasteiger partial charge in [-0.1, -0.05) is 18.9 Å². The third kappa shape index (κ3) is 2.83. The van der Waals surface area contributed by atoms with Crippen molar-refractivity contribution in [3.8, 4) is 12.3 Å². The lowest BCUT2D eigenvalue weighted by molar-refractivity contribution is 0.101. The Labute approximate surface area is 112 Å². The van der Waals surface area contributed by atoms with Gasteiger partial charge >= 0.3 is 0 Å². The average Bonchev–Trinajstić information content (AvgIpc) is 2.80. The average molecular weight is 253 g/mol. The van der Waals surface area contributed by atoms with Gasteiger partial charge in [0.25, 0.3) is 5.91 Å². The molecule has 0 aliphatic rings. The number of rotatable bonds is 3. The topological polar surface area (TPSA) is 46.9 Å². The van der Waals surface area contributed by atoms with E-state index in [0.717, 1.165) is 17.7 Å². The van der Waals surface area contributed by atoms with E-state index in [1.165, 1.54) is 0 Å². The van der Waals surface area contributed by atoms with Gasteiger partial charge in [-0.3, -0.25) is 9.48 Å². The highest BCUT2D eigenvalue weighted by Gasteiger charge is 2.12. The van der Waals surface area contributed by atoms with Gasteiger partial charge in [0.2, 0.25) is 0 Å². The van der Waals surface area contributed by atoms with Crippen LogP contribution in [0.3, 0.4) is 0 Å². The molecule has 0 atom stereocenters. The lowest BCUT2D eigenvalue weighted by atomic mass is 10.2. The monoisotopic (exact) mass is 253 g/mol. The van der Waals surface area contributed by atoms with E-state index in [9.17, 15) is 4.79 Å². The fourth-order valence-corrected chi connectivity index (χ4v) is 1.79. The highest BCUT2D eigenvalue weighted by Crippen LogP contribution is 2.12. The smallest absolute Gasteiger partial charge is 0.273 e. The van der Waals surface area contributed by atoms with Crippen LogP contribution in [-0.2, 0) is 13.5 Å². The maximum absolute atomic E-state index is 12.1. The number of anilines is 1. The molecule has 0 unspecified atom stereocenters. The van der Waals surface area contributed by atoms with Crippen molar-refractivity contribution in [3.63, 3.8) is 0 Å². The molecule has 0 saturated heterocycles. The Balaban J connectivity index is 2.20. The third-order valence-corrected chi connectivity index (χ3v) is 2.81. The molecular formula is C15H15N3O. The number of amides is 1. The minimum absolute atomic E-state index is 0.191.